The predicted octanol–water partition coefficient (Wildman–Crippen LogP) is 4.48. The number of carbonyl (C=O) groups is 2. The van der Waals surface area contributed by atoms with E-state index in [1.54, 1.807) is 84.0 Å². The topological polar surface area (TPSA) is 131 Å². The van der Waals surface area contributed by atoms with E-state index in [1.807, 2.05) is 6.92 Å². The molecule has 2 aromatic carbocycles. The second-order valence-corrected chi connectivity index (χ2v) is 14.2. The SMILES string of the molecule is Cc1ccc(S(=O)(=O)N/N=C2/C[C@](C)(O)[C@@H](C(=O)OC(C)(C)C)[C@H](c3ccccc3)[C@@H]2C(=O)OC(C)(C)C)cc1. The molecule has 0 radical (unpaired) electrons. The lowest BCUT2D eigenvalue weighted by Crippen LogP contribution is -2.56. The number of sulfonamides is 1. The lowest BCUT2D eigenvalue weighted by Gasteiger charge is -2.46. The van der Waals surface area contributed by atoms with Gasteiger partial charge in [0.2, 0.25) is 0 Å². The van der Waals surface area contributed by atoms with Gasteiger partial charge in [0.05, 0.1) is 22.1 Å². The number of aryl methyl sites for hydroxylation is 1. The number of hydrogen-bond acceptors (Lipinski definition) is 8. The molecule has 0 heterocycles. The molecule has 218 valence electrons. The van der Waals surface area contributed by atoms with Crippen LogP contribution >= 0.6 is 0 Å². The summed E-state index contributed by atoms with van der Waals surface area (Å²) in [6, 6.07) is 15.0. The number of nitrogens with zero attached hydrogens (tertiary/aromatic N) is 1. The quantitative estimate of drug-likeness (QED) is 0.385. The Bertz CT molecular complexity index is 1350. The van der Waals surface area contributed by atoms with Gasteiger partial charge in [0.25, 0.3) is 10.0 Å². The van der Waals surface area contributed by atoms with Crippen LogP contribution in [0.1, 0.15) is 71.9 Å². The van der Waals surface area contributed by atoms with Gasteiger partial charge >= 0.3 is 11.9 Å². The number of hydrazone groups is 1. The summed E-state index contributed by atoms with van der Waals surface area (Å²) in [5.41, 5.74) is -1.97. The summed E-state index contributed by atoms with van der Waals surface area (Å²) >= 11 is 0. The third kappa shape index (κ3) is 7.69. The Kier molecular flexibility index (Phi) is 8.86. The number of nitrogens with one attached hydrogen (secondary N) is 1. The van der Waals surface area contributed by atoms with Crippen LogP contribution in [-0.4, -0.2) is 48.0 Å². The molecule has 2 aromatic rings. The standard InChI is InChI=1S/C30H40N2O7S/c1-19-14-16-21(17-15-19)40(36,37)32-31-22-18-30(8,35)25(27(34)39-29(5,6)7)23(20-12-10-9-11-13-20)24(22)26(33)38-28(2,3)4/h9-17,23-25,32,35H,18H2,1-8H3/b31-22-/t23-,24-,25-,30+/m1/s1. The van der Waals surface area contributed by atoms with Crippen molar-refractivity contribution in [2.45, 2.75) is 89.4 Å². The fourth-order valence-electron chi connectivity index (χ4n) is 4.84. The van der Waals surface area contributed by atoms with Gasteiger partial charge in [-0.15, -0.1) is 0 Å². The zero-order chi connectivity index (χ0) is 30.1. The zero-order valence-corrected chi connectivity index (χ0v) is 25.2. The highest BCUT2D eigenvalue weighted by Crippen LogP contribution is 2.47. The molecule has 1 fully saturated rings. The van der Waals surface area contributed by atoms with E-state index in [1.165, 1.54) is 19.1 Å². The first kappa shape index (κ1) is 31.3. The van der Waals surface area contributed by atoms with Gasteiger partial charge in [0, 0.05) is 12.3 Å². The summed E-state index contributed by atoms with van der Waals surface area (Å²) in [7, 11) is -4.10. The minimum Gasteiger partial charge on any atom is -0.460 e. The Labute approximate surface area is 237 Å². The molecule has 0 aromatic heterocycles. The molecular weight excluding hydrogens is 532 g/mol. The average Bonchev–Trinajstić information content (AvgIpc) is 2.80. The molecule has 1 aliphatic rings. The molecule has 9 nitrogen and oxygen atoms in total. The number of rotatable bonds is 6. The first-order chi connectivity index (χ1) is 18.3. The molecule has 40 heavy (non-hydrogen) atoms. The van der Waals surface area contributed by atoms with Crippen molar-refractivity contribution in [3.05, 3.63) is 65.7 Å². The van der Waals surface area contributed by atoms with Gasteiger partial charge in [0.1, 0.15) is 17.1 Å². The summed E-state index contributed by atoms with van der Waals surface area (Å²) in [6.45, 7) is 13.6. The van der Waals surface area contributed by atoms with Crippen molar-refractivity contribution in [2.24, 2.45) is 16.9 Å². The van der Waals surface area contributed by atoms with Gasteiger partial charge in [-0.3, -0.25) is 9.59 Å². The maximum Gasteiger partial charge on any atom is 0.315 e. The molecule has 0 aliphatic heterocycles. The first-order valence-corrected chi connectivity index (χ1v) is 14.7. The van der Waals surface area contributed by atoms with Crippen LogP contribution in [0.15, 0.2) is 64.6 Å². The van der Waals surface area contributed by atoms with Gasteiger partial charge in [-0.2, -0.15) is 13.5 Å². The van der Waals surface area contributed by atoms with E-state index >= 15 is 0 Å². The van der Waals surface area contributed by atoms with Gasteiger partial charge < -0.3 is 14.6 Å². The lowest BCUT2D eigenvalue weighted by molar-refractivity contribution is -0.175. The maximum absolute atomic E-state index is 13.8. The molecule has 1 aliphatic carbocycles. The molecule has 0 spiro atoms. The second-order valence-electron chi connectivity index (χ2n) is 12.5. The van der Waals surface area contributed by atoms with E-state index in [0.29, 0.717) is 5.56 Å². The number of hydrogen-bond donors (Lipinski definition) is 2. The summed E-state index contributed by atoms with van der Waals surface area (Å²) in [5, 5.41) is 15.9. The van der Waals surface area contributed by atoms with Crippen molar-refractivity contribution in [1.29, 1.82) is 0 Å². The molecule has 1 saturated carbocycles. The van der Waals surface area contributed by atoms with Gasteiger partial charge in [-0.25, -0.2) is 4.83 Å². The number of carbonyl (C=O) groups excluding carboxylic acids is 2. The molecule has 0 bridgehead atoms. The molecule has 3 rings (SSSR count). The normalized spacial score (nSPS) is 24.8. The second kappa shape index (κ2) is 11.3. The Morgan fingerprint density at radius 2 is 1.45 bits per heavy atom. The van der Waals surface area contributed by atoms with Crippen molar-refractivity contribution >= 4 is 27.7 Å². The van der Waals surface area contributed by atoms with Crippen LogP contribution in [0.3, 0.4) is 0 Å². The van der Waals surface area contributed by atoms with Gasteiger partial charge in [-0.1, -0.05) is 48.0 Å². The van der Waals surface area contributed by atoms with Crippen LogP contribution in [0.4, 0.5) is 0 Å². The Morgan fingerprint density at radius 3 is 1.98 bits per heavy atom. The fraction of sp³-hybridized carbons (Fsp3) is 0.500. The molecule has 0 saturated heterocycles. The molecule has 4 atom stereocenters. The van der Waals surface area contributed by atoms with Crippen LogP contribution < -0.4 is 4.83 Å². The van der Waals surface area contributed by atoms with E-state index in [4.69, 9.17) is 9.47 Å². The third-order valence-electron chi connectivity index (χ3n) is 6.43. The summed E-state index contributed by atoms with van der Waals surface area (Å²) < 4.78 is 37.6. The van der Waals surface area contributed by atoms with Gasteiger partial charge in [-0.05, 0) is 73.1 Å². The van der Waals surface area contributed by atoms with Crippen LogP contribution in [0, 0.1) is 18.8 Å². The first-order valence-electron chi connectivity index (χ1n) is 13.2. The smallest absolute Gasteiger partial charge is 0.315 e. The zero-order valence-electron chi connectivity index (χ0n) is 24.4. The van der Waals surface area contributed by atoms with Crippen molar-refractivity contribution in [2.75, 3.05) is 0 Å². The van der Waals surface area contributed by atoms with E-state index < -0.39 is 56.5 Å². The summed E-state index contributed by atoms with van der Waals surface area (Å²) in [4.78, 5) is 29.6. The summed E-state index contributed by atoms with van der Waals surface area (Å²) in [6.07, 6.45) is -0.277. The van der Waals surface area contributed by atoms with Crippen LogP contribution in [0.25, 0.3) is 0 Å². The Morgan fingerprint density at radius 1 is 0.925 bits per heavy atom. The van der Waals surface area contributed by atoms with Gasteiger partial charge in [0.15, 0.2) is 0 Å². The van der Waals surface area contributed by atoms with Crippen molar-refractivity contribution in [1.82, 2.24) is 4.83 Å². The highest BCUT2D eigenvalue weighted by molar-refractivity contribution is 7.89. The number of aliphatic hydroxyl groups is 1. The van der Waals surface area contributed by atoms with Crippen molar-refractivity contribution < 1.29 is 32.6 Å². The number of ether oxygens (including phenoxy) is 2. The van der Waals surface area contributed by atoms with Crippen molar-refractivity contribution in [3.8, 4) is 0 Å². The largest absolute Gasteiger partial charge is 0.460 e. The molecule has 0 amide bonds. The minimum absolute atomic E-state index is 0.00919. The Balaban J connectivity index is 2.19. The van der Waals surface area contributed by atoms with Crippen LogP contribution in [-0.2, 0) is 29.1 Å². The number of esters is 2. The third-order valence-corrected chi connectivity index (χ3v) is 7.66. The molecule has 0 unspecified atom stereocenters. The van der Waals surface area contributed by atoms with E-state index in [2.05, 4.69) is 9.93 Å². The predicted molar refractivity (Wildman–Crippen MR) is 152 cm³/mol. The average molecular weight is 573 g/mol. The molecule has 10 heteroatoms. The Hall–Kier alpha value is -3.24. The number of benzene rings is 2. The maximum atomic E-state index is 13.8. The molecular formula is C30H40N2O7S. The monoisotopic (exact) mass is 572 g/mol. The molecule has 2 N–H and O–H groups in total. The van der Waals surface area contributed by atoms with Crippen molar-refractivity contribution in [3.63, 3.8) is 0 Å². The highest BCUT2D eigenvalue weighted by Gasteiger charge is 2.57. The summed E-state index contributed by atoms with van der Waals surface area (Å²) in [5.74, 6) is -4.71. The van der Waals surface area contributed by atoms with Crippen LogP contribution in [0.5, 0.6) is 0 Å². The fourth-order valence-corrected chi connectivity index (χ4v) is 5.68. The highest BCUT2D eigenvalue weighted by atomic mass is 32.2. The van der Waals surface area contributed by atoms with E-state index in [-0.39, 0.29) is 17.0 Å². The van der Waals surface area contributed by atoms with E-state index in [0.717, 1.165) is 5.56 Å². The minimum atomic E-state index is -4.10. The van der Waals surface area contributed by atoms with E-state index in [9.17, 15) is 23.1 Å². The lowest BCUT2D eigenvalue weighted by atomic mass is 9.61. The van der Waals surface area contributed by atoms with Crippen LogP contribution in [0.2, 0.25) is 0 Å².